The molecule has 1 aromatic heterocycles. The van der Waals surface area contributed by atoms with Crippen molar-refractivity contribution in [2.75, 3.05) is 24.6 Å². The number of fused-ring (bicyclic) bond motifs is 3. The number of morpholine rings is 1. The monoisotopic (exact) mass is 386 g/mol. The lowest BCUT2D eigenvalue weighted by Gasteiger charge is -2.41. The highest BCUT2D eigenvalue weighted by Gasteiger charge is 2.43. The van der Waals surface area contributed by atoms with Crippen molar-refractivity contribution in [2.24, 2.45) is 0 Å². The largest absolute Gasteiger partial charge is 0.367 e. The Balaban J connectivity index is 1.55. The van der Waals surface area contributed by atoms with Crippen LogP contribution >= 0.6 is 0 Å². The van der Waals surface area contributed by atoms with Crippen LogP contribution in [0.1, 0.15) is 23.1 Å². The van der Waals surface area contributed by atoms with Gasteiger partial charge in [-0.3, -0.25) is 10.1 Å². The summed E-state index contributed by atoms with van der Waals surface area (Å²) in [4.78, 5) is 17.5. The number of aromatic nitrogens is 1. The summed E-state index contributed by atoms with van der Waals surface area (Å²) in [5.74, 6) is 0.704. The van der Waals surface area contributed by atoms with Gasteiger partial charge < -0.3 is 9.64 Å². The summed E-state index contributed by atoms with van der Waals surface area (Å²) < 4.78 is 6.28. The maximum absolute atomic E-state index is 11.1. The number of ether oxygens (including phenoxy) is 1. The van der Waals surface area contributed by atoms with Crippen molar-refractivity contribution in [3.63, 3.8) is 0 Å². The fourth-order valence-corrected chi connectivity index (χ4v) is 4.52. The van der Waals surface area contributed by atoms with Gasteiger partial charge in [0.2, 0.25) is 0 Å². The average Bonchev–Trinajstić information content (AvgIpc) is 3.10. The van der Waals surface area contributed by atoms with Gasteiger partial charge in [0.1, 0.15) is 11.4 Å². The van der Waals surface area contributed by atoms with Gasteiger partial charge in [-0.1, -0.05) is 24.3 Å². The molecule has 7 nitrogen and oxygen atoms in total. The second-order valence-corrected chi connectivity index (χ2v) is 7.52. The van der Waals surface area contributed by atoms with Crippen molar-refractivity contribution >= 4 is 22.4 Å². The van der Waals surface area contributed by atoms with Crippen LogP contribution in [0.25, 0.3) is 10.9 Å². The van der Waals surface area contributed by atoms with Gasteiger partial charge in [-0.05, 0) is 36.1 Å². The summed E-state index contributed by atoms with van der Waals surface area (Å²) in [7, 11) is 0. The van der Waals surface area contributed by atoms with E-state index in [1.807, 2.05) is 6.07 Å². The minimum absolute atomic E-state index is 0.0450. The van der Waals surface area contributed by atoms with Crippen LogP contribution in [0.2, 0.25) is 0 Å². The Hall–Kier alpha value is -3.50. The minimum atomic E-state index is -0.461. The number of anilines is 1. The normalized spacial score (nSPS) is 20.6. The first-order valence-electron chi connectivity index (χ1n) is 9.56. The number of non-ortho nitro benzene ring substituents is 1. The number of pyridine rings is 1. The second-order valence-electron chi connectivity index (χ2n) is 7.52. The molecule has 0 bridgehead atoms. The Kier molecular flexibility index (Phi) is 3.96. The Morgan fingerprint density at radius 3 is 2.93 bits per heavy atom. The van der Waals surface area contributed by atoms with Gasteiger partial charge in [0.15, 0.2) is 0 Å². The molecule has 7 heteroatoms. The molecule has 2 aromatic carbocycles. The SMILES string of the molecule is N#Cc1cc(N2CCOC3(CCc4ccccc43)C2)nc2ccc([N+](=O)[O-])cc12. The number of rotatable bonds is 2. The minimum Gasteiger partial charge on any atom is -0.367 e. The molecule has 144 valence electrons. The Bertz CT molecular complexity index is 1180. The van der Waals surface area contributed by atoms with Crippen LogP contribution in [0.3, 0.4) is 0 Å². The zero-order chi connectivity index (χ0) is 20.0. The Morgan fingerprint density at radius 2 is 2.10 bits per heavy atom. The molecule has 1 aliphatic heterocycles. The second kappa shape index (κ2) is 6.54. The summed E-state index contributed by atoms with van der Waals surface area (Å²) in [6.45, 7) is 1.93. The quantitative estimate of drug-likeness (QED) is 0.493. The highest BCUT2D eigenvalue weighted by Crippen LogP contribution is 2.43. The van der Waals surface area contributed by atoms with Crippen molar-refractivity contribution < 1.29 is 9.66 Å². The van der Waals surface area contributed by atoms with Crippen LogP contribution < -0.4 is 4.90 Å². The molecule has 29 heavy (non-hydrogen) atoms. The summed E-state index contributed by atoms with van der Waals surface area (Å²) in [6.07, 6.45) is 1.91. The van der Waals surface area contributed by atoms with Crippen LogP contribution in [0.5, 0.6) is 0 Å². The number of nitro groups is 1. The van der Waals surface area contributed by atoms with E-state index in [-0.39, 0.29) is 11.3 Å². The number of benzene rings is 2. The van der Waals surface area contributed by atoms with E-state index in [1.165, 1.54) is 23.3 Å². The molecule has 1 spiro atoms. The summed E-state index contributed by atoms with van der Waals surface area (Å²) in [5, 5.41) is 21.2. The third kappa shape index (κ3) is 2.80. The fraction of sp³-hybridized carbons (Fsp3) is 0.273. The molecule has 5 rings (SSSR count). The van der Waals surface area contributed by atoms with E-state index < -0.39 is 4.92 Å². The summed E-state index contributed by atoms with van der Waals surface area (Å²) in [5.41, 5.74) is 3.13. The van der Waals surface area contributed by atoms with Gasteiger partial charge in [-0.15, -0.1) is 0 Å². The van der Waals surface area contributed by atoms with E-state index in [0.717, 1.165) is 12.8 Å². The van der Waals surface area contributed by atoms with Crippen molar-refractivity contribution in [3.05, 3.63) is 75.3 Å². The number of hydrogen-bond donors (Lipinski definition) is 0. The molecule has 2 heterocycles. The zero-order valence-electron chi connectivity index (χ0n) is 15.7. The summed E-state index contributed by atoms with van der Waals surface area (Å²) in [6, 6.07) is 16.7. The molecule has 1 fully saturated rings. The van der Waals surface area contributed by atoms with E-state index in [1.54, 1.807) is 12.1 Å². The molecule has 1 saturated heterocycles. The first-order valence-corrected chi connectivity index (χ1v) is 9.56. The molecule has 1 atom stereocenters. The fourth-order valence-electron chi connectivity index (χ4n) is 4.52. The first-order chi connectivity index (χ1) is 14.1. The molecule has 3 aromatic rings. The molecular weight excluding hydrogens is 368 g/mol. The van der Waals surface area contributed by atoms with Crippen molar-refractivity contribution in [1.82, 2.24) is 4.98 Å². The number of hydrogen-bond acceptors (Lipinski definition) is 6. The first kappa shape index (κ1) is 17.6. The smallest absolute Gasteiger partial charge is 0.270 e. The van der Waals surface area contributed by atoms with Gasteiger partial charge in [0.05, 0.1) is 35.2 Å². The number of nitriles is 1. The summed E-state index contributed by atoms with van der Waals surface area (Å²) >= 11 is 0. The van der Waals surface area contributed by atoms with Gasteiger partial charge in [0, 0.05) is 24.1 Å². The topological polar surface area (TPSA) is 92.3 Å². The number of nitrogens with zero attached hydrogens (tertiary/aromatic N) is 4. The molecule has 0 radical (unpaired) electrons. The highest BCUT2D eigenvalue weighted by molar-refractivity contribution is 5.88. The Labute approximate surface area is 167 Å². The average molecular weight is 386 g/mol. The lowest BCUT2D eigenvalue weighted by molar-refractivity contribution is -0.384. The maximum atomic E-state index is 11.1. The predicted octanol–water partition coefficient (Wildman–Crippen LogP) is 3.69. The van der Waals surface area contributed by atoms with Crippen molar-refractivity contribution in [3.8, 4) is 6.07 Å². The predicted molar refractivity (Wildman–Crippen MR) is 108 cm³/mol. The zero-order valence-corrected chi connectivity index (χ0v) is 15.7. The van der Waals surface area contributed by atoms with Crippen LogP contribution in [-0.4, -0.2) is 29.6 Å². The lowest BCUT2D eigenvalue weighted by atomic mass is 9.93. The van der Waals surface area contributed by atoms with E-state index in [2.05, 4.69) is 29.2 Å². The van der Waals surface area contributed by atoms with Crippen LogP contribution in [0.15, 0.2) is 48.5 Å². The third-order valence-corrected chi connectivity index (χ3v) is 5.93. The van der Waals surface area contributed by atoms with Crippen LogP contribution in [-0.2, 0) is 16.8 Å². The molecule has 2 aliphatic rings. The van der Waals surface area contributed by atoms with Crippen molar-refractivity contribution in [1.29, 1.82) is 5.26 Å². The third-order valence-electron chi connectivity index (χ3n) is 5.93. The van der Waals surface area contributed by atoms with E-state index in [4.69, 9.17) is 9.72 Å². The standard InChI is InChI=1S/C22H18N4O3/c23-13-16-11-21(24-20-6-5-17(26(27)28)12-18(16)20)25-9-10-29-22(14-25)8-7-15-3-1-2-4-19(15)22/h1-6,11-12H,7-10,14H2. The number of aryl methyl sites for hydroxylation is 1. The number of nitro benzene ring substituents is 1. The maximum Gasteiger partial charge on any atom is 0.270 e. The molecule has 0 N–H and O–H groups in total. The molecule has 1 aliphatic carbocycles. The van der Waals surface area contributed by atoms with E-state index in [0.29, 0.717) is 42.0 Å². The van der Waals surface area contributed by atoms with Crippen LogP contribution in [0, 0.1) is 21.4 Å². The van der Waals surface area contributed by atoms with Crippen LogP contribution in [0.4, 0.5) is 11.5 Å². The van der Waals surface area contributed by atoms with Gasteiger partial charge in [-0.2, -0.15) is 5.26 Å². The van der Waals surface area contributed by atoms with Crippen molar-refractivity contribution in [2.45, 2.75) is 18.4 Å². The van der Waals surface area contributed by atoms with Gasteiger partial charge in [0.25, 0.3) is 5.69 Å². The molecular formula is C22H18N4O3. The lowest BCUT2D eigenvalue weighted by Crippen LogP contribution is -2.49. The Morgan fingerprint density at radius 1 is 1.24 bits per heavy atom. The highest BCUT2D eigenvalue weighted by atomic mass is 16.6. The van der Waals surface area contributed by atoms with E-state index >= 15 is 0 Å². The molecule has 1 unspecified atom stereocenters. The van der Waals surface area contributed by atoms with E-state index in [9.17, 15) is 15.4 Å². The molecule has 0 saturated carbocycles. The van der Waals surface area contributed by atoms with Gasteiger partial charge in [-0.25, -0.2) is 4.98 Å². The van der Waals surface area contributed by atoms with Gasteiger partial charge >= 0.3 is 0 Å². The molecule has 0 amide bonds.